The average molecular weight is 322 g/mol. The van der Waals surface area contributed by atoms with Crippen molar-refractivity contribution in [1.29, 1.82) is 0 Å². The fourth-order valence-corrected chi connectivity index (χ4v) is 3.07. The van der Waals surface area contributed by atoms with Gasteiger partial charge in [0.2, 0.25) is 0 Å². The van der Waals surface area contributed by atoms with E-state index in [9.17, 15) is 0 Å². The number of aliphatic hydroxyl groups excluding tert-OH is 1. The summed E-state index contributed by atoms with van der Waals surface area (Å²) in [6.07, 6.45) is 4.14. The van der Waals surface area contributed by atoms with Crippen LogP contribution in [0.2, 0.25) is 0 Å². The van der Waals surface area contributed by atoms with Crippen molar-refractivity contribution < 1.29 is 5.11 Å². The van der Waals surface area contributed by atoms with E-state index >= 15 is 0 Å². The van der Waals surface area contributed by atoms with Crippen LogP contribution in [0.5, 0.6) is 0 Å². The van der Waals surface area contributed by atoms with Crippen molar-refractivity contribution in [3.05, 3.63) is 71.4 Å². The first-order valence-electron chi connectivity index (χ1n) is 8.72. The molecule has 0 fully saturated rings. The second kappa shape index (κ2) is 8.13. The highest BCUT2D eigenvalue weighted by Gasteiger charge is 2.08. The minimum atomic E-state index is 0.275. The number of hydrogen-bond acceptors (Lipinski definition) is 2. The van der Waals surface area contributed by atoms with Crippen LogP contribution >= 0.6 is 0 Å². The van der Waals surface area contributed by atoms with E-state index in [0.717, 1.165) is 32.5 Å². The summed E-state index contributed by atoms with van der Waals surface area (Å²) in [6, 6.07) is 17.4. The molecule has 0 amide bonds. The molecule has 0 aliphatic carbocycles. The summed E-state index contributed by atoms with van der Waals surface area (Å²) >= 11 is 0. The molecule has 0 saturated heterocycles. The summed E-state index contributed by atoms with van der Waals surface area (Å²) in [5.41, 5.74) is 5.24. The van der Waals surface area contributed by atoms with Crippen LogP contribution in [0.3, 0.4) is 0 Å². The van der Waals surface area contributed by atoms with E-state index in [4.69, 9.17) is 5.11 Å². The smallest absolute Gasteiger partial charge is 0.0486 e. The zero-order valence-electron chi connectivity index (χ0n) is 14.3. The predicted octanol–water partition coefficient (Wildman–Crippen LogP) is 3.86. The quantitative estimate of drug-likeness (QED) is 0.618. The van der Waals surface area contributed by atoms with Gasteiger partial charge in [-0.2, -0.15) is 0 Å². The topological polar surface area (TPSA) is 37.2 Å². The molecule has 2 N–H and O–H groups in total. The number of rotatable bonds is 8. The molecule has 126 valence electrons. The first-order chi connectivity index (χ1) is 11.8. The number of unbranched alkanes of at least 4 members (excludes halogenated alkanes) is 1. The molecule has 1 heterocycles. The van der Waals surface area contributed by atoms with Crippen LogP contribution in [-0.2, 0) is 13.1 Å². The van der Waals surface area contributed by atoms with E-state index in [1.54, 1.807) is 0 Å². The van der Waals surface area contributed by atoms with E-state index < -0.39 is 0 Å². The molecular formula is C21H26N2O. The van der Waals surface area contributed by atoms with Gasteiger partial charge in [-0.15, -0.1) is 0 Å². The molecule has 0 radical (unpaired) electrons. The number of aliphatic hydroxyl groups is 1. The SMILES string of the molecule is Cc1ccc(Cn2cc(CNCCCCO)c3ccccc32)cc1. The van der Waals surface area contributed by atoms with E-state index in [1.165, 1.54) is 27.6 Å². The Kier molecular flexibility index (Phi) is 5.68. The van der Waals surface area contributed by atoms with Gasteiger partial charge in [-0.25, -0.2) is 0 Å². The predicted molar refractivity (Wildman–Crippen MR) is 100 cm³/mol. The Morgan fingerprint density at radius 1 is 1.00 bits per heavy atom. The largest absolute Gasteiger partial charge is 0.396 e. The van der Waals surface area contributed by atoms with Gasteiger partial charge in [-0.05, 0) is 43.5 Å². The number of nitrogens with one attached hydrogen (secondary N) is 1. The zero-order chi connectivity index (χ0) is 16.8. The summed E-state index contributed by atoms with van der Waals surface area (Å²) in [4.78, 5) is 0. The van der Waals surface area contributed by atoms with Gasteiger partial charge in [-0.3, -0.25) is 0 Å². The molecule has 1 aromatic heterocycles. The minimum absolute atomic E-state index is 0.275. The van der Waals surface area contributed by atoms with Crippen molar-refractivity contribution in [3.8, 4) is 0 Å². The highest BCUT2D eigenvalue weighted by atomic mass is 16.2. The van der Waals surface area contributed by atoms with Crippen LogP contribution in [0.1, 0.15) is 29.5 Å². The number of para-hydroxylation sites is 1. The fourth-order valence-electron chi connectivity index (χ4n) is 3.07. The Labute approximate surface area is 143 Å². The minimum Gasteiger partial charge on any atom is -0.396 e. The number of hydrogen-bond donors (Lipinski definition) is 2. The lowest BCUT2D eigenvalue weighted by molar-refractivity contribution is 0.283. The molecular weight excluding hydrogens is 296 g/mol. The average Bonchev–Trinajstić information content (AvgIpc) is 2.95. The van der Waals surface area contributed by atoms with Gasteiger partial charge in [0.25, 0.3) is 0 Å². The maximum atomic E-state index is 8.85. The molecule has 0 unspecified atom stereocenters. The van der Waals surface area contributed by atoms with Crippen LogP contribution in [0.25, 0.3) is 10.9 Å². The molecule has 24 heavy (non-hydrogen) atoms. The number of aromatic nitrogens is 1. The van der Waals surface area contributed by atoms with Crippen molar-refractivity contribution in [2.45, 2.75) is 32.9 Å². The normalized spacial score (nSPS) is 11.2. The zero-order valence-corrected chi connectivity index (χ0v) is 14.3. The maximum absolute atomic E-state index is 8.85. The van der Waals surface area contributed by atoms with Crippen molar-refractivity contribution in [1.82, 2.24) is 9.88 Å². The van der Waals surface area contributed by atoms with E-state index in [0.29, 0.717) is 0 Å². The molecule has 3 heteroatoms. The second-order valence-corrected chi connectivity index (χ2v) is 6.39. The van der Waals surface area contributed by atoms with Gasteiger partial charge in [0.15, 0.2) is 0 Å². The molecule has 0 aliphatic rings. The van der Waals surface area contributed by atoms with E-state index in [2.05, 4.69) is 71.5 Å². The first-order valence-corrected chi connectivity index (χ1v) is 8.72. The van der Waals surface area contributed by atoms with Crippen LogP contribution in [0, 0.1) is 6.92 Å². The Morgan fingerprint density at radius 3 is 2.58 bits per heavy atom. The third-order valence-electron chi connectivity index (χ3n) is 4.42. The highest BCUT2D eigenvalue weighted by Crippen LogP contribution is 2.22. The van der Waals surface area contributed by atoms with Gasteiger partial charge in [0.1, 0.15) is 0 Å². The number of aryl methyl sites for hydroxylation is 1. The number of benzene rings is 2. The van der Waals surface area contributed by atoms with E-state index in [-0.39, 0.29) is 6.61 Å². The summed E-state index contributed by atoms with van der Waals surface area (Å²) in [5, 5.41) is 13.7. The van der Waals surface area contributed by atoms with Crippen molar-refractivity contribution >= 4 is 10.9 Å². The highest BCUT2D eigenvalue weighted by molar-refractivity contribution is 5.84. The lowest BCUT2D eigenvalue weighted by Crippen LogP contribution is -2.14. The Balaban J connectivity index is 1.77. The Morgan fingerprint density at radius 2 is 1.79 bits per heavy atom. The second-order valence-electron chi connectivity index (χ2n) is 6.39. The maximum Gasteiger partial charge on any atom is 0.0486 e. The van der Waals surface area contributed by atoms with E-state index in [1.807, 2.05) is 0 Å². The summed E-state index contributed by atoms with van der Waals surface area (Å²) < 4.78 is 2.34. The van der Waals surface area contributed by atoms with Gasteiger partial charge >= 0.3 is 0 Å². The Bertz CT molecular complexity index is 774. The summed E-state index contributed by atoms with van der Waals surface area (Å²) in [7, 11) is 0. The lowest BCUT2D eigenvalue weighted by atomic mass is 10.1. The summed E-state index contributed by atoms with van der Waals surface area (Å²) in [6.45, 7) is 5.10. The van der Waals surface area contributed by atoms with Gasteiger partial charge in [-0.1, -0.05) is 48.0 Å². The van der Waals surface area contributed by atoms with Crippen LogP contribution < -0.4 is 5.32 Å². The molecule has 0 aliphatic heterocycles. The molecule has 3 aromatic rings. The van der Waals surface area contributed by atoms with Crippen LogP contribution in [0.4, 0.5) is 0 Å². The van der Waals surface area contributed by atoms with Gasteiger partial charge in [0.05, 0.1) is 0 Å². The third kappa shape index (κ3) is 4.05. The Hall–Kier alpha value is -2.10. The van der Waals surface area contributed by atoms with Crippen molar-refractivity contribution in [3.63, 3.8) is 0 Å². The van der Waals surface area contributed by atoms with Gasteiger partial charge < -0.3 is 15.0 Å². The molecule has 0 saturated carbocycles. The third-order valence-corrected chi connectivity index (χ3v) is 4.42. The monoisotopic (exact) mass is 322 g/mol. The molecule has 3 rings (SSSR count). The summed E-state index contributed by atoms with van der Waals surface area (Å²) in [5.74, 6) is 0. The van der Waals surface area contributed by atoms with Gasteiger partial charge in [0, 0.05) is 36.8 Å². The molecule has 0 atom stereocenters. The first kappa shape index (κ1) is 16.7. The fraction of sp³-hybridized carbons (Fsp3) is 0.333. The lowest BCUT2D eigenvalue weighted by Gasteiger charge is -2.06. The standard InChI is InChI=1S/C21H26N2O/c1-17-8-10-18(11-9-17)15-23-16-19(14-22-12-4-5-13-24)20-6-2-3-7-21(20)23/h2-3,6-11,16,22,24H,4-5,12-15H2,1H3. The molecule has 0 spiro atoms. The number of nitrogens with zero attached hydrogens (tertiary/aromatic N) is 1. The van der Waals surface area contributed by atoms with Crippen molar-refractivity contribution in [2.75, 3.05) is 13.2 Å². The molecule has 0 bridgehead atoms. The molecule has 3 nitrogen and oxygen atoms in total. The molecule has 2 aromatic carbocycles. The van der Waals surface area contributed by atoms with Crippen LogP contribution in [-0.4, -0.2) is 22.8 Å². The van der Waals surface area contributed by atoms with Crippen molar-refractivity contribution in [2.24, 2.45) is 0 Å². The number of fused-ring (bicyclic) bond motifs is 1. The van der Waals surface area contributed by atoms with Crippen LogP contribution in [0.15, 0.2) is 54.7 Å².